The number of nitrogen functional groups attached to an aromatic ring is 1. The lowest BCUT2D eigenvalue weighted by molar-refractivity contribution is -0.175. The molecule has 0 fully saturated rings. The summed E-state index contributed by atoms with van der Waals surface area (Å²) in [6.07, 6.45) is -4.43. The third kappa shape index (κ3) is 5.60. The number of carbonyl (C=O) groups excluding carboxylic acids is 1. The van der Waals surface area contributed by atoms with Crippen LogP contribution >= 0.6 is 0 Å². The van der Waals surface area contributed by atoms with Crippen LogP contribution in [-0.2, 0) is 9.53 Å². The molecule has 1 aromatic carbocycles. The highest BCUT2D eigenvalue weighted by molar-refractivity contribution is 5.77. The molecule has 0 aromatic heterocycles. The third-order valence-corrected chi connectivity index (χ3v) is 2.34. The van der Waals surface area contributed by atoms with Crippen LogP contribution in [0.5, 0.6) is 0 Å². The molecule has 4 nitrogen and oxygen atoms in total. The number of benzene rings is 1. The Labute approximate surface area is 108 Å². The first kappa shape index (κ1) is 15.3. The van der Waals surface area contributed by atoms with Gasteiger partial charge < -0.3 is 15.8 Å². The van der Waals surface area contributed by atoms with Gasteiger partial charge in [-0.15, -0.1) is 0 Å². The van der Waals surface area contributed by atoms with Crippen molar-refractivity contribution in [3.05, 3.63) is 29.8 Å². The van der Waals surface area contributed by atoms with Crippen molar-refractivity contribution in [2.75, 3.05) is 18.9 Å². The van der Waals surface area contributed by atoms with E-state index in [-0.39, 0.29) is 0 Å². The number of hydrogen-bond acceptors (Lipinski definition) is 3. The van der Waals surface area contributed by atoms with E-state index >= 15 is 0 Å². The van der Waals surface area contributed by atoms with Gasteiger partial charge in [-0.1, -0.05) is 18.2 Å². The standard InChI is InChI=1S/C12H15F3N2O2/c1-8(9-4-2-3-5-10(9)16)17-11(18)6-19-7-12(13,14)15/h2-5,8H,6-7,16H2,1H3,(H,17,18). The predicted molar refractivity (Wildman–Crippen MR) is 64.3 cm³/mol. The number of rotatable bonds is 5. The minimum atomic E-state index is -4.43. The molecule has 0 heterocycles. The van der Waals surface area contributed by atoms with Crippen LogP contribution in [0.2, 0.25) is 0 Å². The molecule has 1 atom stereocenters. The fourth-order valence-corrected chi connectivity index (χ4v) is 1.53. The molecule has 0 radical (unpaired) electrons. The second-order valence-corrected chi connectivity index (χ2v) is 4.03. The molecule has 0 bridgehead atoms. The van der Waals surface area contributed by atoms with E-state index in [2.05, 4.69) is 10.1 Å². The highest BCUT2D eigenvalue weighted by atomic mass is 19.4. The highest BCUT2D eigenvalue weighted by Gasteiger charge is 2.27. The average molecular weight is 276 g/mol. The number of nitrogens with two attached hydrogens (primary N) is 1. The molecular formula is C12H15F3N2O2. The number of hydrogen-bond donors (Lipinski definition) is 2. The van der Waals surface area contributed by atoms with E-state index in [1.807, 2.05) is 0 Å². The van der Waals surface area contributed by atoms with Gasteiger partial charge in [-0.25, -0.2) is 0 Å². The van der Waals surface area contributed by atoms with Crippen LogP contribution in [0.1, 0.15) is 18.5 Å². The number of anilines is 1. The van der Waals surface area contributed by atoms with Crippen molar-refractivity contribution in [2.45, 2.75) is 19.1 Å². The van der Waals surface area contributed by atoms with Crippen molar-refractivity contribution < 1.29 is 22.7 Å². The normalized spacial score (nSPS) is 13.1. The lowest BCUT2D eigenvalue weighted by Gasteiger charge is -2.16. The average Bonchev–Trinajstić information content (AvgIpc) is 2.27. The van der Waals surface area contributed by atoms with E-state index in [1.165, 1.54) is 0 Å². The maximum Gasteiger partial charge on any atom is 0.411 e. The number of alkyl halides is 3. The molecule has 0 aliphatic rings. The Kier molecular flexibility index (Phi) is 5.17. The number of halogens is 3. The van der Waals surface area contributed by atoms with Crippen LogP contribution < -0.4 is 11.1 Å². The van der Waals surface area contributed by atoms with E-state index in [0.717, 1.165) is 0 Å². The molecule has 1 rings (SSSR count). The van der Waals surface area contributed by atoms with Crippen molar-refractivity contribution in [3.8, 4) is 0 Å². The summed E-state index contributed by atoms with van der Waals surface area (Å²) in [5.41, 5.74) is 6.93. The largest absolute Gasteiger partial charge is 0.411 e. The zero-order valence-corrected chi connectivity index (χ0v) is 10.3. The topological polar surface area (TPSA) is 64.3 Å². The molecule has 19 heavy (non-hydrogen) atoms. The van der Waals surface area contributed by atoms with Crippen LogP contribution in [0.15, 0.2) is 24.3 Å². The molecule has 0 saturated carbocycles. The van der Waals surface area contributed by atoms with Crippen molar-refractivity contribution >= 4 is 11.6 Å². The summed E-state index contributed by atoms with van der Waals surface area (Å²) >= 11 is 0. The molecule has 1 amide bonds. The van der Waals surface area contributed by atoms with Gasteiger partial charge in [0.15, 0.2) is 0 Å². The summed E-state index contributed by atoms with van der Waals surface area (Å²) in [5.74, 6) is -0.625. The molecule has 3 N–H and O–H groups in total. The Morgan fingerprint density at radius 3 is 2.63 bits per heavy atom. The molecular weight excluding hydrogens is 261 g/mol. The van der Waals surface area contributed by atoms with Gasteiger partial charge in [0.2, 0.25) is 5.91 Å². The van der Waals surface area contributed by atoms with Gasteiger partial charge in [-0.3, -0.25) is 4.79 Å². The zero-order chi connectivity index (χ0) is 14.5. The van der Waals surface area contributed by atoms with Crippen LogP contribution in [0.4, 0.5) is 18.9 Å². The fraction of sp³-hybridized carbons (Fsp3) is 0.417. The molecule has 0 saturated heterocycles. The number of amides is 1. The summed E-state index contributed by atoms with van der Waals surface area (Å²) in [6, 6.07) is 6.52. The van der Waals surface area contributed by atoms with Gasteiger partial charge in [-0.2, -0.15) is 13.2 Å². The molecule has 1 aromatic rings. The number of para-hydroxylation sites is 1. The second-order valence-electron chi connectivity index (χ2n) is 4.03. The first-order chi connectivity index (χ1) is 8.79. The van der Waals surface area contributed by atoms with Crippen molar-refractivity contribution in [1.29, 1.82) is 0 Å². The van der Waals surface area contributed by atoms with Crippen molar-refractivity contribution in [2.24, 2.45) is 0 Å². The molecule has 0 aliphatic heterocycles. The number of carbonyl (C=O) groups is 1. The summed E-state index contributed by atoms with van der Waals surface area (Å²) in [5, 5.41) is 2.51. The Bertz CT molecular complexity index is 435. The Morgan fingerprint density at radius 1 is 1.42 bits per heavy atom. The predicted octanol–water partition coefficient (Wildman–Crippen LogP) is 2.02. The summed E-state index contributed by atoms with van der Waals surface area (Å²) in [6.45, 7) is -0.397. The Balaban J connectivity index is 2.43. The van der Waals surface area contributed by atoms with Crippen LogP contribution in [0, 0.1) is 0 Å². The minimum absolute atomic E-state index is 0.400. The third-order valence-electron chi connectivity index (χ3n) is 2.34. The quantitative estimate of drug-likeness (QED) is 0.809. The van der Waals surface area contributed by atoms with E-state index in [4.69, 9.17) is 5.73 Å². The molecule has 0 aliphatic carbocycles. The molecule has 0 spiro atoms. The monoisotopic (exact) mass is 276 g/mol. The van der Waals surface area contributed by atoms with Crippen LogP contribution in [-0.4, -0.2) is 25.3 Å². The Hall–Kier alpha value is -1.76. The molecule has 1 unspecified atom stereocenters. The number of ether oxygens (including phenoxy) is 1. The summed E-state index contributed by atoms with van der Waals surface area (Å²) in [4.78, 5) is 11.4. The van der Waals surface area contributed by atoms with E-state index in [0.29, 0.717) is 11.3 Å². The maximum atomic E-state index is 11.8. The highest BCUT2D eigenvalue weighted by Crippen LogP contribution is 2.19. The van der Waals surface area contributed by atoms with Gasteiger partial charge in [-0.05, 0) is 18.6 Å². The smallest absolute Gasteiger partial charge is 0.398 e. The van der Waals surface area contributed by atoms with Gasteiger partial charge in [0, 0.05) is 5.69 Å². The van der Waals surface area contributed by atoms with Gasteiger partial charge in [0.05, 0.1) is 6.04 Å². The van der Waals surface area contributed by atoms with Crippen LogP contribution in [0.25, 0.3) is 0 Å². The zero-order valence-electron chi connectivity index (χ0n) is 10.3. The minimum Gasteiger partial charge on any atom is -0.398 e. The van der Waals surface area contributed by atoms with Gasteiger partial charge >= 0.3 is 6.18 Å². The first-order valence-electron chi connectivity index (χ1n) is 5.58. The SMILES string of the molecule is CC(NC(=O)COCC(F)(F)F)c1ccccc1N. The lowest BCUT2D eigenvalue weighted by atomic mass is 10.1. The molecule has 106 valence electrons. The van der Waals surface area contributed by atoms with Gasteiger partial charge in [0.25, 0.3) is 0 Å². The Morgan fingerprint density at radius 2 is 2.05 bits per heavy atom. The fourth-order valence-electron chi connectivity index (χ4n) is 1.53. The lowest BCUT2D eigenvalue weighted by Crippen LogP contribution is -2.32. The summed E-state index contributed by atoms with van der Waals surface area (Å²) in [7, 11) is 0. The second kappa shape index (κ2) is 6.42. The number of nitrogens with one attached hydrogen (secondary N) is 1. The van der Waals surface area contributed by atoms with Crippen molar-refractivity contribution in [3.63, 3.8) is 0 Å². The van der Waals surface area contributed by atoms with Crippen molar-refractivity contribution in [1.82, 2.24) is 5.32 Å². The van der Waals surface area contributed by atoms with Crippen LogP contribution in [0.3, 0.4) is 0 Å². The molecule has 7 heteroatoms. The van der Waals surface area contributed by atoms with E-state index < -0.39 is 31.3 Å². The maximum absolute atomic E-state index is 11.8. The van der Waals surface area contributed by atoms with E-state index in [1.54, 1.807) is 31.2 Å². The summed E-state index contributed by atoms with van der Waals surface area (Å²) < 4.78 is 39.7. The van der Waals surface area contributed by atoms with Gasteiger partial charge in [0.1, 0.15) is 13.2 Å². The van der Waals surface area contributed by atoms with E-state index in [9.17, 15) is 18.0 Å². The first-order valence-corrected chi connectivity index (χ1v) is 5.58.